The van der Waals surface area contributed by atoms with E-state index in [9.17, 15) is 0 Å². The summed E-state index contributed by atoms with van der Waals surface area (Å²) in [5, 5.41) is 4.05. The fourth-order valence-corrected chi connectivity index (χ4v) is 3.13. The first-order valence-electron chi connectivity index (χ1n) is 7.07. The first-order chi connectivity index (χ1) is 9.29. The van der Waals surface area contributed by atoms with Gasteiger partial charge in [0.25, 0.3) is 0 Å². The Balaban J connectivity index is 1.87. The number of hydrogen-bond acceptors (Lipinski definition) is 3. The van der Waals surface area contributed by atoms with Crippen molar-refractivity contribution in [2.75, 3.05) is 26.7 Å². The molecule has 3 nitrogen and oxygen atoms in total. The number of morpholine rings is 1. The van der Waals surface area contributed by atoms with Crippen molar-refractivity contribution in [2.45, 2.75) is 31.0 Å². The minimum atomic E-state index is 0.223. The lowest BCUT2D eigenvalue weighted by atomic mass is 9.97. The van der Waals surface area contributed by atoms with E-state index in [4.69, 9.17) is 16.3 Å². The maximum atomic E-state index is 6.00. The lowest BCUT2D eigenvalue weighted by Crippen LogP contribution is -2.49. The molecule has 3 rings (SSSR count). The van der Waals surface area contributed by atoms with E-state index in [2.05, 4.69) is 22.3 Å². The van der Waals surface area contributed by atoms with E-state index in [1.54, 1.807) is 0 Å². The van der Waals surface area contributed by atoms with Crippen LogP contribution < -0.4 is 5.32 Å². The van der Waals surface area contributed by atoms with Crippen LogP contribution in [-0.2, 0) is 4.74 Å². The van der Waals surface area contributed by atoms with Gasteiger partial charge in [-0.2, -0.15) is 0 Å². The molecule has 0 spiro atoms. The standard InChI is InChI=1S/C15H21ClN2O/c1-17-10-14-15(11-2-4-12(16)5-3-11)18(8-9-19-14)13-6-7-13/h2-5,13-15,17H,6-10H2,1H3. The van der Waals surface area contributed by atoms with E-state index < -0.39 is 0 Å². The van der Waals surface area contributed by atoms with Crippen LogP contribution in [0.2, 0.25) is 5.02 Å². The molecule has 0 aromatic heterocycles. The van der Waals surface area contributed by atoms with Crippen LogP contribution in [0.25, 0.3) is 0 Å². The highest BCUT2D eigenvalue weighted by Crippen LogP contribution is 2.38. The van der Waals surface area contributed by atoms with Crippen molar-refractivity contribution in [3.8, 4) is 0 Å². The molecule has 0 bridgehead atoms. The highest BCUT2D eigenvalue weighted by molar-refractivity contribution is 6.30. The molecule has 1 aromatic rings. The average molecular weight is 281 g/mol. The molecule has 19 heavy (non-hydrogen) atoms. The van der Waals surface area contributed by atoms with Crippen molar-refractivity contribution >= 4 is 11.6 Å². The topological polar surface area (TPSA) is 24.5 Å². The zero-order valence-corrected chi connectivity index (χ0v) is 12.1. The largest absolute Gasteiger partial charge is 0.374 e. The Morgan fingerprint density at radius 2 is 2.05 bits per heavy atom. The van der Waals surface area contributed by atoms with Gasteiger partial charge >= 0.3 is 0 Å². The Hall–Kier alpha value is -0.610. The summed E-state index contributed by atoms with van der Waals surface area (Å²) >= 11 is 6.00. The molecule has 2 fully saturated rings. The molecule has 0 amide bonds. The van der Waals surface area contributed by atoms with Crippen molar-refractivity contribution < 1.29 is 4.74 Å². The van der Waals surface area contributed by atoms with Gasteiger partial charge in [0.05, 0.1) is 18.8 Å². The number of hydrogen-bond donors (Lipinski definition) is 1. The first kappa shape index (κ1) is 13.4. The van der Waals surface area contributed by atoms with Gasteiger partial charge in [-0.25, -0.2) is 0 Å². The molecule has 2 atom stereocenters. The summed E-state index contributed by atoms with van der Waals surface area (Å²) in [7, 11) is 1.98. The molecule has 1 aliphatic carbocycles. The summed E-state index contributed by atoms with van der Waals surface area (Å²) < 4.78 is 5.99. The zero-order chi connectivity index (χ0) is 13.2. The highest BCUT2D eigenvalue weighted by atomic mass is 35.5. The zero-order valence-electron chi connectivity index (χ0n) is 11.3. The molecular formula is C15H21ClN2O. The minimum Gasteiger partial charge on any atom is -0.374 e. The van der Waals surface area contributed by atoms with Gasteiger partial charge in [0.1, 0.15) is 0 Å². The van der Waals surface area contributed by atoms with Crippen LogP contribution in [0.4, 0.5) is 0 Å². The van der Waals surface area contributed by atoms with Gasteiger partial charge in [0.15, 0.2) is 0 Å². The van der Waals surface area contributed by atoms with Crippen LogP contribution in [0, 0.1) is 0 Å². The third-order valence-corrected chi connectivity index (χ3v) is 4.28. The van der Waals surface area contributed by atoms with Crippen LogP contribution >= 0.6 is 11.6 Å². The monoisotopic (exact) mass is 280 g/mol. The van der Waals surface area contributed by atoms with Crippen molar-refractivity contribution in [2.24, 2.45) is 0 Å². The number of ether oxygens (including phenoxy) is 1. The predicted octanol–water partition coefficient (Wildman–Crippen LogP) is 2.46. The minimum absolute atomic E-state index is 0.223. The summed E-state index contributed by atoms with van der Waals surface area (Å²) in [5.41, 5.74) is 1.32. The Morgan fingerprint density at radius 3 is 2.68 bits per heavy atom. The van der Waals surface area contributed by atoms with Gasteiger partial charge in [0.2, 0.25) is 0 Å². The van der Waals surface area contributed by atoms with Crippen LogP contribution in [0.1, 0.15) is 24.4 Å². The summed E-state index contributed by atoms with van der Waals surface area (Å²) in [6, 6.07) is 9.34. The number of nitrogens with one attached hydrogen (secondary N) is 1. The van der Waals surface area contributed by atoms with Crippen molar-refractivity contribution in [1.29, 1.82) is 0 Å². The maximum Gasteiger partial charge on any atom is 0.0896 e. The molecule has 1 heterocycles. The Bertz CT molecular complexity index is 417. The maximum absolute atomic E-state index is 6.00. The molecule has 4 heteroatoms. The molecule has 1 N–H and O–H groups in total. The quantitative estimate of drug-likeness (QED) is 0.917. The number of likely N-dealkylation sites (N-methyl/N-ethyl adjacent to an activating group) is 1. The van der Waals surface area contributed by atoms with Crippen molar-refractivity contribution in [1.82, 2.24) is 10.2 Å². The van der Waals surface area contributed by atoms with E-state index in [1.807, 2.05) is 19.2 Å². The number of nitrogens with zero attached hydrogens (tertiary/aromatic N) is 1. The second-order valence-corrected chi connectivity index (χ2v) is 5.87. The molecule has 1 saturated heterocycles. The summed E-state index contributed by atoms with van der Waals surface area (Å²) in [5.74, 6) is 0. The second kappa shape index (κ2) is 5.80. The number of halogens is 1. The normalized spacial score (nSPS) is 28.5. The fourth-order valence-electron chi connectivity index (χ4n) is 3.01. The van der Waals surface area contributed by atoms with E-state index >= 15 is 0 Å². The third-order valence-electron chi connectivity index (χ3n) is 4.02. The van der Waals surface area contributed by atoms with E-state index in [1.165, 1.54) is 18.4 Å². The molecule has 1 aliphatic heterocycles. The summed E-state index contributed by atoms with van der Waals surface area (Å²) in [4.78, 5) is 2.62. The molecule has 1 aromatic carbocycles. The molecule has 2 aliphatic rings. The average Bonchev–Trinajstić information content (AvgIpc) is 3.24. The van der Waals surface area contributed by atoms with E-state index in [-0.39, 0.29) is 6.10 Å². The van der Waals surface area contributed by atoms with Crippen LogP contribution in [0.3, 0.4) is 0 Å². The molecule has 2 unspecified atom stereocenters. The Morgan fingerprint density at radius 1 is 1.32 bits per heavy atom. The molecule has 0 radical (unpaired) electrons. The molecule has 1 saturated carbocycles. The van der Waals surface area contributed by atoms with Gasteiger partial charge in [-0.1, -0.05) is 23.7 Å². The van der Waals surface area contributed by atoms with Gasteiger partial charge in [-0.15, -0.1) is 0 Å². The van der Waals surface area contributed by atoms with Crippen LogP contribution in [0.5, 0.6) is 0 Å². The predicted molar refractivity (Wildman–Crippen MR) is 77.6 cm³/mol. The van der Waals surface area contributed by atoms with E-state index in [0.29, 0.717) is 6.04 Å². The van der Waals surface area contributed by atoms with Crippen molar-refractivity contribution in [3.05, 3.63) is 34.9 Å². The first-order valence-corrected chi connectivity index (χ1v) is 7.45. The van der Waals surface area contributed by atoms with Crippen LogP contribution in [-0.4, -0.2) is 43.8 Å². The third kappa shape index (κ3) is 2.95. The SMILES string of the molecule is CNCC1OCCN(C2CC2)C1c1ccc(Cl)cc1. The number of rotatable bonds is 4. The van der Waals surface area contributed by atoms with Crippen molar-refractivity contribution in [3.63, 3.8) is 0 Å². The van der Waals surface area contributed by atoms with Gasteiger partial charge in [0, 0.05) is 24.2 Å². The lowest BCUT2D eigenvalue weighted by molar-refractivity contribution is -0.0739. The van der Waals surface area contributed by atoms with Gasteiger partial charge < -0.3 is 10.1 Å². The Kier molecular flexibility index (Phi) is 4.08. The molecular weight excluding hydrogens is 260 g/mol. The number of benzene rings is 1. The summed E-state index contributed by atoms with van der Waals surface area (Å²) in [6.07, 6.45) is 2.88. The lowest BCUT2D eigenvalue weighted by Gasteiger charge is -2.42. The van der Waals surface area contributed by atoms with Crippen LogP contribution in [0.15, 0.2) is 24.3 Å². The van der Waals surface area contributed by atoms with Gasteiger partial charge in [-0.3, -0.25) is 4.90 Å². The second-order valence-electron chi connectivity index (χ2n) is 5.43. The fraction of sp³-hybridized carbons (Fsp3) is 0.600. The Labute approximate surface area is 119 Å². The smallest absolute Gasteiger partial charge is 0.0896 e. The summed E-state index contributed by atoms with van der Waals surface area (Å²) in [6.45, 7) is 2.77. The molecule has 104 valence electrons. The van der Waals surface area contributed by atoms with Gasteiger partial charge in [-0.05, 0) is 37.6 Å². The van der Waals surface area contributed by atoms with E-state index in [0.717, 1.165) is 30.8 Å². The highest BCUT2D eigenvalue weighted by Gasteiger charge is 2.40.